The molecule has 2 aromatic carbocycles. The van der Waals surface area contributed by atoms with Crippen molar-refractivity contribution in [2.24, 2.45) is 4.40 Å². The van der Waals surface area contributed by atoms with Gasteiger partial charge in [-0.05, 0) is 49.2 Å². The molecule has 2 N–H and O–H groups in total. The van der Waals surface area contributed by atoms with Crippen molar-refractivity contribution in [2.75, 3.05) is 5.32 Å². The van der Waals surface area contributed by atoms with Crippen LogP contribution in [0.2, 0.25) is 0 Å². The number of carbonyl (C=O) groups is 1. The number of fused-ring (bicyclic) bond motifs is 2. The summed E-state index contributed by atoms with van der Waals surface area (Å²) in [7, 11) is -1.45. The van der Waals surface area contributed by atoms with Crippen molar-refractivity contribution in [3.05, 3.63) is 42.0 Å². The van der Waals surface area contributed by atoms with Crippen molar-refractivity contribution in [1.29, 1.82) is 0 Å². The standard InChI is InChI=1S/C21H20N4O3S/c26-21(27)14-7-9-18-17(10-14)24-20(25(18)15-4-2-1-3-5-15)13-6-8-16-19(11-13)29(28)23-12-22-16/h6-12,15H,1-5H2,(H,22,23)(H,26,27). The van der Waals surface area contributed by atoms with Gasteiger partial charge >= 0.3 is 5.97 Å². The summed E-state index contributed by atoms with van der Waals surface area (Å²) in [5.74, 6) is -0.183. The van der Waals surface area contributed by atoms with E-state index in [1.54, 1.807) is 12.1 Å². The smallest absolute Gasteiger partial charge is 0.335 e. The van der Waals surface area contributed by atoms with E-state index < -0.39 is 17.0 Å². The third kappa shape index (κ3) is 3.13. The van der Waals surface area contributed by atoms with E-state index >= 15 is 0 Å². The Labute approximate surface area is 170 Å². The minimum Gasteiger partial charge on any atom is -0.478 e. The van der Waals surface area contributed by atoms with Gasteiger partial charge in [0.25, 0.3) is 0 Å². The first kappa shape index (κ1) is 18.1. The number of rotatable bonds is 3. The number of carboxylic acids is 1. The number of hydrogen-bond donors (Lipinski definition) is 2. The van der Waals surface area contributed by atoms with Crippen LogP contribution in [0.1, 0.15) is 48.5 Å². The monoisotopic (exact) mass is 408 g/mol. The first-order valence-corrected chi connectivity index (χ1v) is 10.8. The molecule has 1 aromatic heterocycles. The van der Waals surface area contributed by atoms with Crippen molar-refractivity contribution in [3.8, 4) is 11.4 Å². The summed E-state index contributed by atoms with van der Waals surface area (Å²) in [6.45, 7) is 0. The van der Waals surface area contributed by atoms with Gasteiger partial charge in [0, 0.05) is 11.6 Å². The van der Waals surface area contributed by atoms with E-state index in [-0.39, 0.29) is 5.56 Å². The Balaban J connectivity index is 1.71. The molecule has 1 saturated carbocycles. The highest BCUT2D eigenvalue weighted by molar-refractivity contribution is 7.84. The summed E-state index contributed by atoms with van der Waals surface area (Å²) in [6.07, 6.45) is 7.17. The van der Waals surface area contributed by atoms with Crippen LogP contribution in [0, 0.1) is 0 Å². The van der Waals surface area contributed by atoms with E-state index in [0.29, 0.717) is 16.5 Å². The molecule has 7 nitrogen and oxygen atoms in total. The van der Waals surface area contributed by atoms with E-state index in [0.717, 1.165) is 35.4 Å². The molecule has 0 bridgehead atoms. The fourth-order valence-electron chi connectivity index (χ4n) is 4.27. The molecule has 0 amide bonds. The van der Waals surface area contributed by atoms with Crippen LogP contribution in [0.5, 0.6) is 0 Å². The quantitative estimate of drug-likeness (QED) is 0.670. The second kappa shape index (κ2) is 7.11. The lowest BCUT2D eigenvalue weighted by atomic mass is 9.94. The van der Waals surface area contributed by atoms with Gasteiger partial charge in [-0.2, -0.15) is 4.40 Å². The minimum absolute atomic E-state index is 0.224. The second-order valence-corrected chi connectivity index (χ2v) is 8.59. The highest BCUT2D eigenvalue weighted by Gasteiger charge is 2.24. The second-order valence-electron chi connectivity index (χ2n) is 7.44. The summed E-state index contributed by atoms with van der Waals surface area (Å²) in [4.78, 5) is 16.9. The van der Waals surface area contributed by atoms with Gasteiger partial charge < -0.3 is 15.0 Å². The summed E-state index contributed by atoms with van der Waals surface area (Å²) in [5, 5.41) is 12.4. The molecule has 0 radical (unpaired) electrons. The molecule has 1 aliphatic carbocycles. The Morgan fingerprint density at radius 2 is 1.97 bits per heavy atom. The lowest BCUT2D eigenvalue weighted by Crippen LogP contribution is -2.14. The maximum atomic E-state index is 12.3. The molecule has 1 aliphatic heterocycles. The predicted molar refractivity (Wildman–Crippen MR) is 113 cm³/mol. The first-order valence-electron chi connectivity index (χ1n) is 9.72. The Kier molecular flexibility index (Phi) is 4.43. The lowest BCUT2D eigenvalue weighted by molar-refractivity contribution is 0.0697. The van der Waals surface area contributed by atoms with Gasteiger partial charge in [-0.1, -0.05) is 19.3 Å². The first-order chi connectivity index (χ1) is 14.1. The zero-order valence-electron chi connectivity index (χ0n) is 15.7. The maximum absolute atomic E-state index is 12.3. The van der Waals surface area contributed by atoms with Gasteiger partial charge in [-0.3, -0.25) is 0 Å². The van der Waals surface area contributed by atoms with Crippen LogP contribution in [0.25, 0.3) is 22.4 Å². The largest absolute Gasteiger partial charge is 0.478 e. The molecule has 2 heterocycles. The summed E-state index contributed by atoms with van der Waals surface area (Å²) in [6, 6.07) is 11.2. The maximum Gasteiger partial charge on any atom is 0.335 e. The molecule has 1 atom stereocenters. The van der Waals surface area contributed by atoms with E-state index in [1.165, 1.54) is 25.6 Å². The number of aromatic nitrogens is 2. The number of nitrogens with one attached hydrogen (secondary N) is 1. The van der Waals surface area contributed by atoms with Crippen LogP contribution in [0.3, 0.4) is 0 Å². The zero-order chi connectivity index (χ0) is 20.0. The van der Waals surface area contributed by atoms with Gasteiger partial charge in [0.15, 0.2) is 11.0 Å². The van der Waals surface area contributed by atoms with Crippen LogP contribution < -0.4 is 5.32 Å². The van der Waals surface area contributed by atoms with Gasteiger partial charge in [0.05, 0.1) is 27.2 Å². The van der Waals surface area contributed by atoms with E-state index in [2.05, 4.69) is 14.3 Å². The number of hydrogen-bond acceptors (Lipinski definition) is 4. The number of carboxylic acid groups (broad SMARTS) is 1. The Morgan fingerprint density at radius 3 is 2.76 bits per heavy atom. The zero-order valence-corrected chi connectivity index (χ0v) is 16.5. The van der Waals surface area contributed by atoms with Crippen LogP contribution >= 0.6 is 0 Å². The number of aromatic carboxylic acids is 1. The van der Waals surface area contributed by atoms with Crippen molar-refractivity contribution < 1.29 is 14.1 Å². The van der Waals surface area contributed by atoms with E-state index in [1.807, 2.05) is 24.3 Å². The SMILES string of the molecule is O=C(O)c1ccc2c(c1)nc(-c1ccc3c(c1)S(=O)N=CN3)n2C1CCCCC1. The molecule has 1 fully saturated rings. The average Bonchev–Trinajstić information content (AvgIpc) is 3.13. The van der Waals surface area contributed by atoms with Crippen LogP contribution in [-0.2, 0) is 11.0 Å². The molecular weight excluding hydrogens is 388 g/mol. The summed E-state index contributed by atoms with van der Waals surface area (Å²) in [5.41, 5.74) is 3.46. The molecule has 2 aliphatic rings. The number of imidazole rings is 1. The third-order valence-electron chi connectivity index (χ3n) is 5.67. The summed E-state index contributed by atoms with van der Waals surface area (Å²) < 4.78 is 18.5. The van der Waals surface area contributed by atoms with Gasteiger partial charge in [-0.15, -0.1) is 0 Å². The number of nitrogens with zero attached hydrogens (tertiary/aromatic N) is 3. The Morgan fingerprint density at radius 1 is 1.14 bits per heavy atom. The number of benzene rings is 2. The normalized spacial score (nSPS) is 19.1. The molecule has 0 spiro atoms. The van der Waals surface area contributed by atoms with Gasteiger partial charge in [0.1, 0.15) is 12.2 Å². The average molecular weight is 408 g/mol. The molecule has 3 aromatic rings. The fraction of sp³-hybridized carbons (Fsp3) is 0.286. The fourth-order valence-corrected chi connectivity index (χ4v) is 5.07. The minimum atomic E-state index is -1.45. The van der Waals surface area contributed by atoms with Crippen LogP contribution in [-0.4, -0.2) is 31.2 Å². The molecule has 5 rings (SSSR count). The summed E-state index contributed by atoms with van der Waals surface area (Å²) >= 11 is 0. The van der Waals surface area contributed by atoms with Crippen LogP contribution in [0.4, 0.5) is 5.69 Å². The molecule has 0 saturated heterocycles. The molecule has 1 unspecified atom stereocenters. The highest BCUT2D eigenvalue weighted by atomic mass is 32.2. The van der Waals surface area contributed by atoms with Crippen molar-refractivity contribution in [3.63, 3.8) is 0 Å². The van der Waals surface area contributed by atoms with Crippen LogP contribution in [0.15, 0.2) is 45.7 Å². The lowest BCUT2D eigenvalue weighted by Gasteiger charge is -2.26. The van der Waals surface area contributed by atoms with Crippen molar-refractivity contribution >= 4 is 40.0 Å². The van der Waals surface area contributed by atoms with Gasteiger partial charge in [-0.25, -0.2) is 14.0 Å². The molecule has 148 valence electrons. The molecule has 8 heteroatoms. The van der Waals surface area contributed by atoms with E-state index in [9.17, 15) is 14.1 Å². The Hall–Kier alpha value is -3.00. The van der Waals surface area contributed by atoms with Gasteiger partial charge in [0.2, 0.25) is 0 Å². The van der Waals surface area contributed by atoms with Crippen molar-refractivity contribution in [2.45, 2.75) is 43.0 Å². The third-order valence-corrected chi connectivity index (χ3v) is 6.68. The number of anilines is 1. The Bertz CT molecular complexity index is 1180. The highest BCUT2D eigenvalue weighted by Crippen LogP contribution is 2.37. The molecule has 29 heavy (non-hydrogen) atoms. The topological polar surface area (TPSA) is 96.6 Å². The van der Waals surface area contributed by atoms with Crippen molar-refractivity contribution in [1.82, 2.24) is 9.55 Å². The van der Waals surface area contributed by atoms with E-state index in [4.69, 9.17) is 4.98 Å². The predicted octanol–water partition coefficient (Wildman–Crippen LogP) is 4.38. The molecular formula is C21H20N4O3S.